The number of aliphatic hydroxyl groups is 4. The van der Waals surface area contributed by atoms with Gasteiger partial charge in [-0.3, -0.25) is 41.9 Å². The Labute approximate surface area is 893 Å². The summed E-state index contributed by atoms with van der Waals surface area (Å²) in [5.41, 5.74) is 10.1. The first kappa shape index (κ1) is 134. The summed E-state index contributed by atoms with van der Waals surface area (Å²) in [7, 11) is -13.4. The number of anilines is 3. The van der Waals surface area contributed by atoms with Crippen molar-refractivity contribution in [3.8, 4) is 23.0 Å². The molecule has 4 aliphatic heterocycles. The first-order valence-corrected chi connectivity index (χ1v) is 50.0. The molecule has 0 radical (unpaired) electrons. The number of nitrogens with one attached hydrogen (secondary N) is 3. The summed E-state index contributed by atoms with van der Waals surface area (Å²) >= 11 is 5.36. The van der Waals surface area contributed by atoms with Crippen molar-refractivity contribution < 1.29 is 174 Å². The average Bonchev–Trinajstić information content (AvgIpc) is 1.62. The Kier molecular flexibility index (Phi) is 54.2. The van der Waals surface area contributed by atoms with Gasteiger partial charge in [-0.25, -0.2) is 61.0 Å². The van der Waals surface area contributed by atoms with E-state index < -0.39 is 221 Å². The molecule has 6 unspecified atom stereocenters. The van der Waals surface area contributed by atoms with Crippen molar-refractivity contribution in [2.75, 3.05) is 37.0 Å². The van der Waals surface area contributed by atoms with Crippen LogP contribution in [0.15, 0.2) is 142 Å². The zero-order chi connectivity index (χ0) is 107. The fourth-order valence-electron chi connectivity index (χ4n) is 14.4. The topological polar surface area (TPSA) is 557 Å². The maximum Gasteiger partial charge on any atom is 2.00 e. The second kappa shape index (κ2) is 59.5. The number of nitrogens with two attached hydrogens (primary N) is 3. The third-order valence-corrected chi connectivity index (χ3v) is 26.7. The minimum Gasteiger partial charge on any atom is -1.00 e. The molecule has 55 heteroatoms. The van der Waals surface area contributed by atoms with E-state index in [2.05, 4.69) is 90.8 Å². The first-order valence-electron chi connectivity index (χ1n) is 45.0. The number of carbonyl (C=O) groups is 4. The number of benzene rings is 4. The van der Waals surface area contributed by atoms with Gasteiger partial charge in [0.15, 0.2) is 18.3 Å². The van der Waals surface area contributed by atoms with Crippen LogP contribution in [0.5, 0.6) is 23.0 Å². The van der Waals surface area contributed by atoms with Crippen molar-refractivity contribution in [1.29, 1.82) is 0 Å². The number of nitrogens with zero attached hydrogens (tertiary/aromatic N) is 10. The summed E-state index contributed by atoms with van der Waals surface area (Å²) in [6.45, 7) is 52.2. The van der Waals surface area contributed by atoms with E-state index in [1.165, 1.54) is 136 Å². The van der Waals surface area contributed by atoms with Gasteiger partial charge in [0.1, 0.15) is 71.1 Å². The smallest absolute Gasteiger partial charge is 1.00 e. The molecule has 4 saturated heterocycles. The quantitative estimate of drug-likeness (QED) is 0.00307. The van der Waals surface area contributed by atoms with E-state index in [0.717, 1.165) is 39.4 Å². The number of ether oxygens (including phenoxy) is 6. The summed E-state index contributed by atoms with van der Waals surface area (Å²) < 4.78 is 176. The number of para-hydroxylation sites is 3. The molecule has 3 aromatic heterocycles. The van der Waals surface area contributed by atoms with Gasteiger partial charge in [0.2, 0.25) is 58.8 Å². The second-order valence-electron chi connectivity index (χ2n) is 35.7. The van der Waals surface area contributed by atoms with E-state index in [9.17, 15) is 84.5 Å². The minimum absolute atomic E-state index is 0. The Morgan fingerprint density at radius 1 is 0.490 bits per heavy atom. The van der Waals surface area contributed by atoms with E-state index in [-0.39, 0.29) is 124 Å². The number of hydrogen-bond donors (Lipinski definition) is 10. The Hall–Kier alpha value is -9.28. The molecule has 11 rings (SSSR count). The Morgan fingerprint density at radius 3 is 1.01 bits per heavy atom. The Bertz CT molecular complexity index is 5710. The molecule has 13 N–H and O–H groups in total. The molecule has 0 amide bonds. The zero-order valence-electron chi connectivity index (χ0n) is 84.5. The molecule has 4 aliphatic rings. The van der Waals surface area contributed by atoms with Crippen LogP contribution in [0.4, 0.5) is 39.4 Å². The Balaban J connectivity index is 0.000000626. The molecule has 0 aliphatic carbocycles. The molecule has 7 aromatic rings. The summed E-state index contributed by atoms with van der Waals surface area (Å²) in [6, 6.07) is 23.9. The molecule has 4 fully saturated rings. The van der Waals surface area contributed by atoms with Crippen LogP contribution >= 0.6 is 34.8 Å². The van der Waals surface area contributed by atoms with Gasteiger partial charge in [-0.05, 0) is 141 Å². The zero-order valence-corrected chi connectivity index (χ0v) is 90.8. The van der Waals surface area contributed by atoms with Gasteiger partial charge in [0.05, 0.1) is 38.1 Å². The normalized spacial score (nSPS) is 23.0. The fraction of sp³-hybridized carbons (Fsp3) is 0.533. The molecule has 42 nitrogen and oxygen atoms in total. The SMILES string of the molecule is CC(C)OC(=O)[C@H](C)NP(=O)(Oc1ccccc1)Oc1c(F)c(F)c(F)c(F)c1F.CC1(C)CCCC(C)(C)[N-]1.CCCC(CCC)C(=O)Cl.[C-]#[N+][C@@]1(C)C(n2ccc(N)nc2=O)O[C@H](CO)[C@H]1O.[C-]#[N+][C@@]1(C)C(n2ccc(N)nc2=O)O[C@H](COP(=O)(N[C@@H](C)C(=O)OC(C)C)Oc2ccccc2)[C@H]1O.[C-]#[N+][C@@]1(C)C(n2ccc(N)nc2=O)O[C@H](COP(=O)(N[C@@H](C)C(=O)OC(C)C)Oc2ccccc2)[C@H]1O.[Cl-].[Cl-].[Li+].[Mg+2]. The van der Waals surface area contributed by atoms with Crippen molar-refractivity contribution in [3.05, 3.63) is 228 Å². The second-order valence-corrected chi connectivity index (χ2v) is 41.1. The molecule has 18 atom stereocenters. The number of carbonyl (C=O) groups excluding carboxylic acids is 4. The van der Waals surface area contributed by atoms with Gasteiger partial charge < -0.3 is 129 Å². The number of halogens is 8. The molecule has 147 heavy (non-hydrogen) atoms. The van der Waals surface area contributed by atoms with Crippen LogP contribution in [0.25, 0.3) is 19.9 Å². The number of aromatic nitrogens is 6. The molecule has 7 heterocycles. The predicted molar refractivity (Wildman–Crippen MR) is 520 cm³/mol. The van der Waals surface area contributed by atoms with Crippen LogP contribution in [-0.2, 0) is 70.3 Å². The van der Waals surface area contributed by atoms with Crippen LogP contribution in [0.2, 0.25) is 0 Å². The van der Waals surface area contributed by atoms with Crippen molar-refractivity contribution in [2.45, 2.75) is 289 Å². The van der Waals surface area contributed by atoms with Gasteiger partial charge in [-0.2, -0.15) is 39.0 Å². The largest absolute Gasteiger partial charge is 2.00 e. The van der Waals surface area contributed by atoms with Crippen LogP contribution in [0.1, 0.15) is 188 Å². The van der Waals surface area contributed by atoms with Gasteiger partial charge in [-0.15, -0.1) is 11.1 Å². The number of esters is 3. The molecule has 0 spiro atoms. The average molecular weight is 2200 g/mol. The monoisotopic (exact) mass is 2190 g/mol. The standard InChI is InChI=1S/2C23H30N5O8P.C18H17F5NO5P.C11H14N4O4.C9H18N.C8H15ClO.2ClH.Li.Mg/c2*1-14(2)34-20(30)15(3)27-37(32,36-16-9-7-6-8-10-16)33-13-17-19(29)23(4,25-5)21(35-17)28-12-11-18(24)26-22(28)31;1-9(2)27-18(25)10(3)24-30(26,28-11-7-5-4-6-8-11)29-17-15(22)13(20)12(19)14(21)16(17)23;1-11(13-2)8(17)6(5-16)19-9(11)15-4-3-7(12)14-10(15)18;1-8(2)6-5-7-9(3,4)10-8;1-3-5-7(6-4-2)8(9)10;;;;/h2*6-12,14-15,17,19,21,29H,13H2,1-4H3,(H,27,32)(H2,24,26,31);4-10H,1-3H3,(H,24,26);3-4,6,8-9,16-17H,5H2,1H3,(H2,12,14,18);5-7H2,1-4H3;7H,3-6H2,1-2H3;2*1H;;/q;;;;-1;;;;+1;+2/p-2/t2*15-,17+,19+,21?,23+,37?;10-,30?;6-,8-,9?,11-;;;;;;/m0001....../s1. The molecule has 802 valence electrons. The number of aliphatic hydroxyl groups excluding tert-OH is 4. The molecule has 0 saturated carbocycles. The number of nitrogen functional groups attached to an aromatic ring is 3. The number of piperidine rings is 1. The van der Waals surface area contributed by atoms with E-state index in [1.54, 1.807) is 94.4 Å². The van der Waals surface area contributed by atoms with E-state index in [0.29, 0.717) is 0 Å². The number of rotatable bonds is 35. The third-order valence-electron chi connectivity index (χ3n) is 21.5. The van der Waals surface area contributed by atoms with Gasteiger partial charge in [-0.1, -0.05) is 128 Å². The minimum atomic E-state index is -4.91. The molecular formula is C92H124Cl3F5LiMgN16O26P3. The predicted octanol–water partition coefficient (Wildman–Crippen LogP) is 4.12. The summed E-state index contributed by atoms with van der Waals surface area (Å²) in [4.78, 5) is 105. The van der Waals surface area contributed by atoms with Crippen LogP contribution in [0, 0.1) is 54.7 Å². The van der Waals surface area contributed by atoms with Crippen molar-refractivity contribution in [3.63, 3.8) is 0 Å². The van der Waals surface area contributed by atoms with Crippen molar-refractivity contribution >= 4 is 98.5 Å². The maximum atomic E-state index is 14.0. The third kappa shape index (κ3) is 37.9. The van der Waals surface area contributed by atoms with Crippen LogP contribution < -0.4 is 111 Å². The Morgan fingerprint density at radius 2 is 0.762 bits per heavy atom. The van der Waals surface area contributed by atoms with E-state index in [1.807, 2.05) is 0 Å². The maximum absolute atomic E-state index is 14.0. The van der Waals surface area contributed by atoms with Gasteiger partial charge >= 0.3 is 117 Å². The number of hydrogen-bond acceptors (Lipinski definition) is 32. The van der Waals surface area contributed by atoms with E-state index >= 15 is 0 Å². The first-order chi connectivity index (χ1) is 66.8. The fourth-order valence-corrected chi connectivity index (χ4v) is 19.1. The molecule has 0 bridgehead atoms. The molecular weight excluding hydrogens is 2070 g/mol. The van der Waals surface area contributed by atoms with E-state index in [4.69, 9.17) is 110 Å². The van der Waals surface area contributed by atoms with Crippen molar-refractivity contribution in [2.24, 2.45) is 5.92 Å². The summed E-state index contributed by atoms with van der Waals surface area (Å²) in [5.74, 6) is -15.5. The van der Waals surface area contributed by atoms with Crippen LogP contribution in [0.3, 0.4) is 0 Å². The summed E-state index contributed by atoms with van der Waals surface area (Å²) in [6.07, 6.45) is -0.477. The molecule has 4 aromatic carbocycles. The summed E-state index contributed by atoms with van der Waals surface area (Å²) in [5, 5.41) is 52.8. The van der Waals surface area contributed by atoms with Gasteiger partial charge in [0, 0.05) is 45.3 Å². The van der Waals surface area contributed by atoms with Gasteiger partial charge in [0.25, 0.3) is 0 Å². The van der Waals surface area contributed by atoms with Crippen LogP contribution in [-0.4, -0.2) is 216 Å². The van der Waals surface area contributed by atoms with Crippen molar-refractivity contribution in [1.82, 2.24) is 43.9 Å².